The molecule has 0 heterocycles. The van der Waals surface area contributed by atoms with Gasteiger partial charge in [0.15, 0.2) is 0 Å². The zero-order valence-corrected chi connectivity index (χ0v) is 15.5. The summed E-state index contributed by atoms with van der Waals surface area (Å²) in [6.45, 7) is 0.251. The molecule has 0 spiro atoms. The Morgan fingerprint density at radius 3 is 2.04 bits per heavy atom. The van der Waals surface area contributed by atoms with Gasteiger partial charge in [-0.15, -0.1) is 0 Å². The summed E-state index contributed by atoms with van der Waals surface area (Å²) in [4.78, 5) is 38.0. The Hall–Kier alpha value is -2.41. The minimum absolute atomic E-state index is 0.173. The number of methoxy groups -OCH3 is 2. The molecule has 0 aliphatic heterocycles. The molecule has 0 unspecified atom stereocenters. The van der Waals surface area contributed by atoms with Gasteiger partial charge >= 0.3 is 11.9 Å². The SMILES string of the molecule is COC(=O)c1cc(NC(=O)CN(C)C2CCCCC2)cc(C(=O)OC)c1. The second kappa shape index (κ2) is 9.33. The molecule has 142 valence electrons. The van der Waals surface area contributed by atoms with E-state index in [-0.39, 0.29) is 23.6 Å². The molecule has 2 rings (SSSR count). The summed E-state index contributed by atoms with van der Waals surface area (Å²) in [6, 6.07) is 4.76. The van der Waals surface area contributed by atoms with Crippen LogP contribution in [-0.4, -0.2) is 56.6 Å². The first kappa shape index (κ1) is 19.9. The number of nitrogens with zero attached hydrogens (tertiary/aromatic N) is 1. The van der Waals surface area contributed by atoms with Crippen LogP contribution < -0.4 is 5.32 Å². The predicted octanol–water partition coefficient (Wildman–Crippen LogP) is 2.46. The number of ether oxygens (including phenoxy) is 2. The summed E-state index contributed by atoms with van der Waals surface area (Å²) in [5.74, 6) is -1.38. The lowest BCUT2D eigenvalue weighted by molar-refractivity contribution is -0.117. The van der Waals surface area contributed by atoms with Crippen LogP contribution in [0.2, 0.25) is 0 Å². The van der Waals surface area contributed by atoms with Gasteiger partial charge in [-0.1, -0.05) is 19.3 Å². The van der Waals surface area contributed by atoms with Crippen LogP contribution >= 0.6 is 0 Å². The number of carbonyl (C=O) groups excluding carboxylic acids is 3. The maximum absolute atomic E-state index is 12.4. The lowest BCUT2D eigenvalue weighted by atomic mass is 9.94. The van der Waals surface area contributed by atoms with Crippen molar-refractivity contribution in [2.45, 2.75) is 38.1 Å². The minimum atomic E-state index is -0.592. The van der Waals surface area contributed by atoms with Crippen molar-refractivity contribution in [3.63, 3.8) is 0 Å². The van der Waals surface area contributed by atoms with Gasteiger partial charge in [-0.05, 0) is 38.1 Å². The van der Waals surface area contributed by atoms with E-state index >= 15 is 0 Å². The average Bonchev–Trinajstić information content (AvgIpc) is 2.66. The standard InChI is InChI=1S/C19H26N2O5/c1-21(16-7-5-4-6-8-16)12-17(22)20-15-10-13(18(23)25-2)9-14(11-15)19(24)26-3/h9-11,16H,4-8,12H2,1-3H3,(H,20,22). The summed E-state index contributed by atoms with van der Waals surface area (Å²) < 4.78 is 9.39. The Balaban J connectivity index is 2.09. The van der Waals surface area contributed by atoms with Crippen LogP contribution in [0, 0.1) is 0 Å². The fraction of sp³-hybridized carbons (Fsp3) is 0.526. The number of likely N-dealkylation sites (N-methyl/N-ethyl adjacent to an activating group) is 1. The molecular formula is C19H26N2O5. The Labute approximate surface area is 153 Å². The number of carbonyl (C=O) groups is 3. The number of rotatable bonds is 6. The molecular weight excluding hydrogens is 336 g/mol. The van der Waals surface area contributed by atoms with Crippen LogP contribution in [0.15, 0.2) is 18.2 Å². The highest BCUT2D eigenvalue weighted by molar-refractivity contribution is 5.99. The fourth-order valence-corrected chi connectivity index (χ4v) is 3.25. The second-order valence-corrected chi connectivity index (χ2v) is 6.54. The number of benzene rings is 1. The molecule has 0 saturated heterocycles. The van der Waals surface area contributed by atoms with Crippen molar-refractivity contribution < 1.29 is 23.9 Å². The monoisotopic (exact) mass is 362 g/mol. The first-order chi connectivity index (χ1) is 12.4. The van der Waals surface area contributed by atoms with Gasteiger partial charge in [0.2, 0.25) is 5.91 Å². The zero-order valence-electron chi connectivity index (χ0n) is 15.5. The Bertz CT molecular complexity index is 634. The van der Waals surface area contributed by atoms with Crippen LogP contribution in [0.3, 0.4) is 0 Å². The van der Waals surface area contributed by atoms with Crippen LogP contribution in [0.5, 0.6) is 0 Å². The van der Waals surface area contributed by atoms with Gasteiger partial charge in [-0.3, -0.25) is 9.69 Å². The summed E-state index contributed by atoms with van der Waals surface area (Å²) in [5.41, 5.74) is 0.702. The van der Waals surface area contributed by atoms with Crippen molar-refractivity contribution in [2.75, 3.05) is 33.1 Å². The topological polar surface area (TPSA) is 84.9 Å². The third kappa shape index (κ3) is 5.29. The van der Waals surface area contributed by atoms with Crippen molar-refractivity contribution in [1.29, 1.82) is 0 Å². The van der Waals surface area contributed by atoms with E-state index in [0.717, 1.165) is 12.8 Å². The number of nitrogens with one attached hydrogen (secondary N) is 1. The van der Waals surface area contributed by atoms with Gasteiger partial charge in [-0.2, -0.15) is 0 Å². The van der Waals surface area contributed by atoms with E-state index in [9.17, 15) is 14.4 Å². The van der Waals surface area contributed by atoms with E-state index in [1.807, 2.05) is 7.05 Å². The molecule has 0 radical (unpaired) electrons. The average molecular weight is 362 g/mol. The maximum Gasteiger partial charge on any atom is 0.337 e. The molecule has 7 heteroatoms. The number of esters is 2. The van der Waals surface area contributed by atoms with Crippen LogP contribution in [-0.2, 0) is 14.3 Å². The van der Waals surface area contributed by atoms with Crippen molar-refractivity contribution in [1.82, 2.24) is 4.90 Å². The van der Waals surface area contributed by atoms with E-state index < -0.39 is 11.9 Å². The molecule has 1 aliphatic carbocycles. The van der Waals surface area contributed by atoms with Crippen molar-refractivity contribution >= 4 is 23.5 Å². The number of amides is 1. The van der Waals surface area contributed by atoms with Gasteiger partial charge in [0.05, 0.1) is 31.9 Å². The molecule has 0 aromatic heterocycles. The molecule has 0 bridgehead atoms. The van der Waals surface area contributed by atoms with Gasteiger partial charge < -0.3 is 14.8 Å². The summed E-state index contributed by atoms with van der Waals surface area (Å²) in [7, 11) is 4.45. The minimum Gasteiger partial charge on any atom is -0.465 e. The first-order valence-electron chi connectivity index (χ1n) is 8.76. The van der Waals surface area contributed by atoms with Gasteiger partial charge in [0.1, 0.15) is 0 Å². The summed E-state index contributed by atoms with van der Waals surface area (Å²) in [6.07, 6.45) is 5.86. The number of hydrogen-bond donors (Lipinski definition) is 1. The number of anilines is 1. The Morgan fingerprint density at radius 1 is 1.00 bits per heavy atom. The van der Waals surface area contributed by atoms with E-state index in [1.54, 1.807) is 0 Å². The van der Waals surface area contributed by atoms with Crippen LogP contribution in [0.4, 0.5) is 5.69 Å². The molecule has 1 N–H and O–H groups in total. The predicted molar refractivity (Wildman–Crippen MR) is 97.3 cm³/mol. The third-order valence-corrected chi connectivity index (χ3v) is 4.65. The largest absolute Gasteiger partial charge is 0.465 e. The van der Waals surface area contributed by atoms with Crippen molar-refractivity contribution in [3.8, 4) is 0 Å². The van der Waals surface area contributed by atoms with Gasteiger partial charge in [0.25, 0.3) is 0 Å². The summed E-state index contributed by atoms with van der Waals surface area (Å²) in [5, 5.41) is 2.75. The number of hydrogen-bond acceptors (Lipinski definition) is 6. The lowest BCUT2D eigenvalue weighted by Gasteiger charge is -2.30. The Kier molecular flexibility index (Phi) is 7.15. The van der Waals surface area contributed by atoms with Crippen molar-refractivity contribution in [2.24, 2.45) is 0 Å². The molecule has 1 aliphatic rings. The molecule has 1 amide bonds. The smallest absolute Gasteiger partial charge is 0.337 e. The molecule has 26 heavy (non-hydrogen) atoms. The lowest BCUT2D eigenvalue weighted by Crippen LogP contribution is -2.39. The first-order valence-corrected chi connectivity index (χ1v) is 8.76. The third-order valence-electron chi connectivity index (χ3n) is 4.65. The molecule has 1 aromatic carbocycles. The van der Waals surface area contributed by atoms with Crippen molar-refractivity contribution in [3.05, 3.63) is 29.3 Å². The second-order valence-electron chi connectivity index (χ2n) is 6.54. The zero-order chi connectivity index (χ0) is 19.1. The maximum atomic E-state index is 12.4. The van der Waals surface area contributed by atoms with E-state index in [0.29, 0.717) is 11.7 Å². The quantitative estimate of drug-likeness (QED) is 0.783. The molecule has 1 saturated carbocycles. The highest BCUT2D eigenvalue weighted by atomic mass is 16.5. The van der Waals surface area contributed by atoms with Gasteiger partial charge in [0, 0.05) is 11.7 Å². The highest BCUT2D eigenvalue weighted by Gasteiger charge is 2.20. The fourth-order valence-electron chi connectivity index (χ4n) is 3.25. The molecule has 1 fully saturated rings. The van der Waals surface area contributed by atoms with Crippen LogP contribution in [0.1, 0.15) is 52.8 Å². The highest BCUT2D eigenvalue weighted by Crippen LogP contribution is 2.22. The van der Waals surface area contributed by atoms with E-state index in [2.05, 4.69) is 10.2 Å². The van der Waals surface area contributed by atoms with Gasteiger partial charge in [-0.25, -0.2) is 9.59 Å². The van der Waals surface area contributed by atoms with Crippen LogP contribution in [0.25, 0.3) is 0 Å². The normalized spacial score (nSPS) is 14.8. The van der Waals surface area contributed by atoms with E-state index in [4.69, 9.17) is 9.47 Å². The van der Waals surface area contributed by atoms with E-state index in [1.165, 1.54) is 51.7 Å². The molecule has 0 atom stereocenters. The Morgan fingerprint density at radius 2 is 1.54 bits per heavy atom. The summed E-state index contributed by atoms with van der Waals surface area (Å²) >= 11 is 0. The molecule has 1 aromatic rings. The molecule has 7 nitrogen and oxygen atoms in total.